The molecule has 0 bridgehead atoms. The second-order valence-electron chi connectivity index (χ2n) is 5.93. The number of aryl methyl sites for hydroxylation is 1. The molecule has 0 saturated heterocycles. The Hall–Kier alpha value is -2.52. The summed E-state index contributed by atoms with van der Waals surface area (Å²) < 4.78 is 48.7. The number of hydrogen-bond acceptors (Lipinski definition) is 5. The molecule has 1 N–H and O–H groups in total. The van der Waals surface area contributed by atoms with Gasteiger partial charge in [-0.3, -0.25) is 4.72 Å². The maximum absolute atomic E-state index is 14.2. The lowest BCUT2D eigenvalue weighted by Crippen LogP contribution is -2.14. The minimum atomic E-state index is -4.07. The van der Waals surface area contributed by atoms with Gasteiger partial charge in [0.15, 0.2) is 5.16 Å². The van der Waals surface area contributed by atoms with Crippen LogP contribution in [-0.4, -0.2) is 30.8 Å². The molecule has 140 valence electrons. The van der Waals surface area contributed by atoms with Crippen LogP contribution in [0.25, 0.3) is 11.3 Å². The van der Waals surface area contributed by atoms with Gasteiger partial charge in [-0.05, 0) is 24.3 Å². The molecule has 0 atom stereocenters. The molecule has 1 aliphatic heterocycles. The SMILES string of the molecule is COc1ccc(S(=O)(=O)Nc2cccc(-c3cn4c(n3)SCC4)c2)c(F)c1. The van der Waals surface area contributed by atoms with Gasteiger partial charge >= 0.3 is 0 Å². The number of imidazole rings is 1. The van der Waals surface area contributed by atoms with Crippen molar-refractivity contribution in [1.29, 1.82) is 0 Å². The lowest BCUT2D eigenvalue weighted by Gasteiger charge is -2.10. The van der Waals surface area contributed by atoms with Gasteiger partial charge in [0.1, 0.15) is 16.5 Å². The number of fused-ring (bicyclic) bond motifs is 1. The van der Waals surface area contributed by atoms with Crippen LogP contribution in [0.15, 0.2) is 58.7 Å². The molecule has 2 heterocycles. The van der Waals surface area contributed by atoms with E-state index in [1.165, 1.54) is 19.2 Å². The second-order valence-corrected chi connectivity index (χ2v) is 8.65. The van der Waals surface area contributed by atoms with Gasteiger partial charge in [-0.1, -0.05) is 23.9 Å². The summed E-state index contributed by atoms with van der Waals surface area (Å²) in [4.78, 5) is 4.13. The molecule has 27 heavy (non-hydrogen) atoms. The maximum atomic E-state index is 14.2. The molecule has 1 aromatic heterocycles. The number of hydrogen-bond donors (Lipinski definition) is 1. The molecule has 4 rings (SSSR count). The number of nitrogens with one attached hydrogen (secondary N) is 1. The van der Waals surface area contributed by atoms with Crippen LogP contribution in [0.2, 0.25) is 0 Å². The molecule has 2 aromatic carbocycles. The van der Waals surface area contributed by atoms with Gasteiger partial charge in [-0.2, -0.15) is 0 Å². The molecule has 0 saturated carbocycles. The van der Waals surface area contributed by atoms with Crippen LogP contribution < -0.4 is 9.46 Å². The topological polar surface area (TPSA) is 73.2 Å². The normalized spacial score (nSPS) is 13.4. The number of anilines is 1. The fourth-order valence-electron chi connectivity index (χ4n) is 2.83. The van der Waals surface area contributed by atoms with Crippen LogP contribution in [0.1, 0.15) is 0 Å². The number of thioether (sulfide) groups is 1. The molecule has 3 aromatic rings. The highest BCUT2D eigenvalue weighted by atomic mass is 32.2. The first-order valence-electron chi connectivity index (χ1n) is 8.13. The first-order chi connectivity index (χ1) is 13.0. The van der Waals surface area contributed by atoms with Crippen molar-refractivity contribution in [2.75, 3.05) is 17.6 Å². The quantitative estimate of drug-likeness (QED) is 0.702. The van der Waals surface area contributed by atoms with Gasteiger partial charge in [0.2, 0.25) is 0 Å². The van der Waals surface area contributed by atoms with Gasteiger partial charge in [0.05, 0.1) is 12.8 Å². The van der Waals surface area contributed by atoms with Crippen molar-refractivity contribution in [1.82, 2.24) is 9.55 Å². The number of rotatable bonds is 5. The Morgan fingerprint density at radius 2 is 2.11 bits per heavy atom. The van der Waals surface area contributed by atoms with Gasteiger partial charge in [0, 0.05) is 35.8 Å². The summed E-state index contributed by atoms with van der Waals surface area (Å²) >= 11 is 1.69. The van der Waals surface area contributed by atoms with E-state index in [4.69, 9.17) is 4.74 Å². The van der Waals surface area contributed by atoms with Crippen LogP contribution in [-0.2, 0) is 16.6 Å². The Bertz CT molecular complexity index is 1090. The van der Waals surface area contributed by atoms with E-state index in [9.17, 15) is 12.8 Å². The number of aromatic nitrogens is 2. The van der Waals surface area contributed by atoms with E-state index in [0.29, 0.717) is 5.69 Å². The first-order valence-corrected chi connectivity index (χ1v) is 10.6. The number of ether oxygens (including phenoxy) is 1. The lowest BCUT2D eigenvalue weighted by molar-refractivity contribution is 0.410. The summed E-state index contributed by atoms with van der Waals surface area (Å²) in [6, 6.07) is 10.5. The summed E-state index contributed by atoms with van der Waals surface area (Å²) in [6.45, 7) is 0.913. The summed E-state index contributed by atoms with van der Waals surface area (Å²) in [5, 5.41) is 0.955. The summed E-state index contributed by atoms with van der Waals surface area (Å²) in [7, 11) is -2.69. The van der Waals surface area contributed by atoms with Gasteiger partial charge in [-0.25, -0.2) is 17.8 Å². The van der Waals surface area contributed by atoms with Crippen LogP contribution in [0.5, 0.6) is 5.75 Å². The van der Waals surface area contributed by atoms with Crippen LogP contribution in [0.3, 0.4) is 0 Å². The van der Waals surface area contributed by atoms with E-state index < -0.39 is 20.7 Å². The van der Waals surface area contributed by atoms with Crippen LogP contribution in [0, 0.1) is 5.82 Å². The average Bonchev–Trinajstić information content (AvgIpc) is 3.23. The highest BCUT2D eigenvalue weighted by Crippen LogP contribution is 2.30. The smallest absolute Gasteiger partial charge is 0.264 e. The summed E-state index contributed by atoms with van der Waals surface area (Å²) in [6.07, 6.45) is 1.95. The van der Waals surface area contributed by atoms with Crippen molar-refractivity contribution in [3.8, 4) is 17.0 Å². The highest BCUT2D eigenvalue weighted by molar-refractivity contribution is 7.99. The zero-order valence-electron chi connectivity index (χ0n) is 14.3. The van der Waals surface area contributed by atoms with Gasteiger partial charge in [0.25, 0.3) is 10.0 Å². The molecule has 0 fully saturated rings. The van der Waals surface area contributed by atoms with E-state index in [1.54, 1.807) is 30.0 Å². The summed E-state index contributed by atoms with van der Waals surface area (Å²) in [5.74, 6) is 0.385. The molecule has 1 aliphatic rings. The van der Waals surface area contributed by atoms with Gasteiger partial charge in [-0.15, -0.1) is 0 Å². The van der Waals surface area contributed by atoms with E-state index in [0.717, 1.165) is 34.8 Å². The van der Waals surface area contributed by atoms with Gasteiger partial charge < -0.3 is 9.30 Å². The second kappa shape index (κ2) is 6.90. The Morgan fingerprint density at radius 3 is 2.85 bits per heavy atom. The van der Waals surface area contributed by atoms with Crippen LogP contribution >= 0.6 is 11.8 Å². The monoisotopic (exact) mass is 405 g/mol. The molecule has 6 nitrogen and oxygen atoms in total. The molecular formula is C18H16FN3O3S2. The highest BCUT2D eigenvalue weighted by Gasteiger charge is 2.20. The Kier molecular flexibility index (Phi) is 4.56. The minimum Gasteiger partial charge on any atom is -0.497 e. The third-order valence-corrected chi connectivity index (χ3v) is 6.53. The molecule has 0 spiro atoms. The number of sulfonamides is 1. The Morgan fingerprint density at radius 1 is 1.26 bits per heavy atom. The van der Waals surface area contributed by atoms with Crippen molar-refractivity contribution < 1.29 is 17.5 Å². The number of nitrogens with zero attached hydrogens (tertiary/aromatic N) is 2. The number of halogens is 1. The molecule has 0 unspecified atom stereocenters. The molecule has 9 heteroatoms. The third kappa shape index (κ3) is 3.52. The molecule has 0 aliphatic carbocycles. The number of benzene rings is 2. The van der Waals surface area contributed by atoms with E-state index >= 15 is 0 Å². The lowest BCUT2D eigenvalue weighted by atomic mass is 10.1. The minimum absolute atomic E-state index is 0.249. The fraction of sp³-hybridized carbons (Fsp3) is 0.167. The predicted octanol–water partition coefficient (Wildman–Crippen LogP) is 3.60. The molecular weight excluding hydrogens is 389 g/mol. The van der Waals surface area contributed by atoms with Crippen molar-refractivity contribution >= 4 is 27.5 Å². The first kappa shape index (κ1) is 17.9. The number of methoxy groups -OCH3 is 1. The van der Waals surface area contributed by atoms with E-state index in [1.807, 2.05) is 12.3 Å². The average molecular weight is 405 g/mol. The zero-order chi connectivity index (χ0) is 19.0. The van der Waals surface area contributed by atoms with Crippen molar-refractivity contribution in [3.05, 3.63) is 54.5 Å². The van der Waals surface area contributed by atoms with E-state index in [2.05, 4.69) is 14.3 Å². The molecule has 0 amide bonds. The fourth-order valence-corrected chi connectivity index (χ4v) is 4.88. The zero-order valence-corrected chi connectivity index (χ0v) is 16.0. The van der Waals surface area contributed by atoms with Crippen molar-refractivity contribution in [3.63, 3.8) is 0 Å². The third-order valence-electron chi connectivity index (χ3n) is 4.14. The standard InChI is InChI=1S/C18H16FN3O3S2/c1-25-14-5-6-17(15(19)10-14)27(23,24)21-13-4-2-3-12(9-13)16-11-22-7-8-26-18(22)20-16/h2-6,9-11,21H,7-8H2,1H3. The Labute approximate surface area is 160 Å². The maximum Gasteiger partial charge on any atom is 0.264 e. The van der Waals surface area contributed by atoms with Crippen molar-refractivity contribution in [2.24, 2.45) is 0 Å². The summed E-state index contributed by atoms with van der Waals surface area (Å²) in [5.41, 5.74) is 1.89. The molecule has 0 radical (unpaired) electrons. The predicted molar refractivity (Wildman–Crippen MR) is 102 cm³/mol. The Balaban J connectivity index is 1.62. The van der Waals surface area contributed by atoms with Crippen LogP contribution in [0.4, 0.5) is 10.1 Å². The van der Waals surface area contributed by atoms with E-state index in [-0.39, 0.29) is 5.75 Å². The largest absolute Gasteiger partial charge is 0.497 e. The van der Waals surface area contributed by atoms with Crippen molar-refractivity contribution in [2.45, 2.75) is 16.6 Å².